The zero-order chi connectivity index (χ0) is 16.9. The second kappa shape index (κ2) is 5.07. The van der Waals surface area contributed by atoms with Gasteiger partial charge in [-0.05, 0) is 44.9 Å². The van der Waals surface area contributed by atoms with Gasteiger partial charge in [-0.2, -0.15) is 8.42 Å². The largest absolute Gasteiger partial charge is 0.294 e. The van der Waals surface area contributed by atoms with Crippen LogP contribution < -0.4 is 0 Å². The van der Waals surface area contributed by atoms with E-state index in [9.17, 15) is 13.0 Å². The molecule has 3 nitrogen and oxygen atoms in total. The molecule has 2 rings (SSSR count). The summed E-state index contributed by atoms with van der Waals surface area (Å²) in [6.07, 6.45) is 0. The first-order valence-electron chi connectivity index (χ1n) is 7.36. The van der Waals surface area contributed by atoms with Crippen molar-refractivity contribution in [3.63, 3.8) is 0 Å². The van der Waals surface area contributed by atoms with Crippen LogP contribution in [0, 0.1) is 0 Å². The van der Waals surface area contributed by atoms with Crippen LogP contribution in [0.15, 0.2) is 35.2 Å². The van der Waals surface area contributed by atoms with Crippen LogP contribution in [0.4, 0.5) is 0 Å². The average Bonchev–Trinajstić information content (AvgIpc) is 2.33. The van der Waals surface area contributed by atoms with Gasteiger partial charge in [0.1, 0.15) is 0 Å². The lowest BCUT2D eigenvalue weighted by Crippen LogP contribution is -2.17. The zero-order valence-corrected chi connectivity index (χ0v) is 14.9. The zero-order valence-electron chi connectivity index (χ0n) is 14.1. The first-order valence-corrected chi connectivity index (χ1v) is 8.80. The predicted molar refractivity (Wildman–Crippen MR) is 91.2 cm³/mol. The van der Waals surface area contributed by atoms with Crippen LogP contribution >= 0.6 is 0 Å². The van der Waals surface area contributed by atoms with Gasteiger partial charge in [-0.25, -0.2) is 0 Å². The van der Waals surface area contributed by atoms with Crippen molar-refractivity contribution in [2.75, 3.05) is 0 Å². The van der Waals surface area contributed by atoms with Crippen LogP contribution in [0.25, 0.3) is 10.8 Å². The van der Waals surface area contributed by atoms with Crippen molar-refractivity contribution in [1.82, 2.24) is 0 Å². The molecule has 0 heterocycles. The third-order valence-electron chi connectivity index (χ3n) is 3.89. The molecule has 0 amide bonds. The second-order valence-electron chi connectivity index (χ2n) is 7.89. The van der Waals surface area contributed by atoms with E-state index in [1.807, 2.05) is 39.0 Å². The summed E-state index contributed by atoms with van der Waals surface area (Å²) in [5.74, 6) is 0. The summed E-state index contributed by atoms with van der Waals surface area (Å²) < 4.78 is 33.2. The van der Waals surface area contributed by atoms with Gasteiger partial charge in [0.05, 0.1) is 4.90 Å². The van der Waals surface area contributed by atoms with E-state index in [2.05, 4.69) is 26.8 Å². The normalized spacial score (nSPS) is 13.6. The molecule has 0 aromatic heterocycles. The Bertz CT molecular complexity index is 820. The maximum absolute atomic E-state index is 11.8. The molecule has 0 unspecified atom stereocenters. The van der Waals surface area contributed by atoms with E-state index in [1.54, 1.807) is 6.07 Å². The highest BCUT2D eigenvalue weighted by Gasteiger charge is 2.25. The first-order chi connectivity index (χ1) is 9.80. The van der Waals surface area contributed by atoms with Crippen molar-refractivity contribution in [1.29, 1.82) is 0 Å². The molecule has 0 radical (unpaired) electrons. The summed E-state index contributed by atoms with van der Waals surface area (Å²) in [5.41, 5.74) is 1.37. The lowest BCUT2D eigenvalue weighted by atomic mass is 9.83. The third-order valence-corrected chi connectivity index (χ3v) is 4.78. The summed E-state index contributed by atoms with van der Waals surface area (Å²) in [7, 11) is -4.26. The molecule has 2 aromatic carbocycles. The number of rotatable bonds is 1. The van der Waals surface area contributed by atoms with Gasteiger partial charge < -0.3 is 0 Å². The maximum Gasteiger partial charge on any atom is 0.294 e. The molecule has 4 heteroatoms. The Balaban J connectivity index is 2.85. The summed E-state index contributed by atoms with van der Waals surface area (Å²) in [5, 5.41) is 1.80. The van der Waals surface area contributed by atoms with Gasteiger partial charge in [0.25, 0.3) is 10.1 Å². The lowest BCUT2D eigenvalue weighted by Gasteiger charge is -2.24. The Morgan fingerprint density at radius 3 is 1.86 bits per heavy atom. The molecular formula is C18H24O3S. The van der Waals surface area contributed by atoms with Crippen LogP contribution in [0.5, 0.6) is 0 Å². The van der Waals surface area contributed by atoms with Crippen molar-refractivity contribution in [2.24, 2.45) is 0 Å². The topological polar surface area (TPSA) is 54.4 Å². The monoisotopic (exact) mass is 320 g/mol. The Morgan fingerprint density at radius 1 is 0.818 bits per heavy atom. The minimum absolute atomic E-state index is 0.00133. The minimum Gasteiger partial charge on any atom is -0.282 e. The van der Waals surface area contributed by atoms with Gasteiger partial charge in [-0.1, -0.05) is 59.7 Å². The molecule has 120 valence electrons. The smallest absolute Gasteiger partial charge is 0.282 e. The molecule has 1 N–H and O–H groups in total. The Labute approximate surface area is 133 Å². The second-order valence-corrected chi connectivity index (χ2v) is 9.28. The van der Waals surface area contributed by atoms with Crippen molar-refractivity contribution < 1.29 is 13.0 Å². The fraction of sp³-hybridized carbons (Fsp3) is 0.444. The molecule has 0 atom stereocenters. The summed E-state index contributed by atoms with van der Waals surface area (Å²) in [6.45, 7) is 12.1. The molecule has 0 aliphatic rings. The molecule has 0 fully saturated rings. The quantitative estimate of drug-likeness (QED) is 0.776. The molecule has 22 heavy (non-hydrogen) atoms. The summed E-state index contributed by atoms with van der Waals surface area (Å²) >= 11 is 0. The number of fused-ring (bicyclic) bond motifs is 1. The van der Waals surface area contributed by atoms with Crippen LogP contribution in [-0.2, 0) is 20.9 Å². The number of hydrogen-bond donors (Lipinski definition) is 1. The van der Waals surface area contributed by atoms with Crippen LogP contribution in [0.1, 0.15) is 52.7 Å². The van der Waals surface area contributed by atoms with E-state index in [-0.39, 0.29) is 15.7 Å². The summed E-state index contributed by atoms with van der Waals surface area (Å²) in [4.78, 5) is -0.00133. The van der Waals surface area contributed by atoms with E-state index < -0.39 is 10.1 Å². The fourth-order valence-electron chi connectivity index (χ4n) is 2.54. The SMILES string of the molecule is CC(C)(C)c1ccc2cc(C(C)(C)C)c(S(=O)(=O)O)cc2c1. The van der Waals surface area contributed by atoms with Crippen molar-refractivity contribution in [2.45, 2.75) is 57.3 Å². The third kappa shape index (κ3) is 3.33. The Hall–Kier alpha value is -1.39. The fourth-order valence-corrected chi connectivity index (χ4v) is 3.46. The van der Waals surface area contributed by atoms with E-state index in [4.69, 9.17) is 0 Å². The van der Waals surface area contributed by atoms with Crippen molar-refractivity contribution in [3.05, 3.63) is 41.5 Å². The minimum atomic E-state index is -4.26. The molecule has 0 aliphatic carbocycles. The molecule has 0 saturated heterocycles. The Morgan fingerprint density at radius 2 is 1.41 bits per heavy atom. The molecule has 0 aliphatic heterocycles. The highest BCUT2D eigenvalue weighted by atomic mass is 32.2. The highest BCUT2D eigenvalue weighted by molar-refractivity contribution is 7.85. The van der Waals surface area contributed by atoms with Gasteiger partial charge in [0.2, 0.25) is 0 Å². The van der Waals surface area contributed by atoms with Gasteiger partial charge >= 0.3 is 0 Å². The van der Waals surface area contributed by atoms with Gasteiger partial charge in [-0.15, -0.1) is 0 Å². The number of benzene rings is 2. The van der Waals surface area contributed by atoms with Gasteiger partial charge in [0, 0.05) is 0 Å². The number of hydrogen-bond acceptors (Lipinski definition) is 2. The molecule has 0 bridgehead atoms. The molecule has 0 spiro atoms. The van der Waals surface area contributed by atoms with Crippen molar-refractivity contribution >= 4 is 20.9 Å². The average molecular weight is 320 g/mol. The van der Waals surface area contributed by atoms with Crippen molar-refractivity contribution in [3.8, 4) is 0 Å². The van der Waals surface area contributed by atoms with Crippen LogP contribution in [-0.4, -0.2) is 13.0 Å². The van der Waals surface area contributed by atoms with Crippen LogP contribution in [0.3, 0.4) is 0 Å². The van der Waals surface area contributed by atoms with E-state index in [0.717, 1.165) is 16.3 Å². The predicted octanol–water partition coefficient (Wildman–Crippen LogP) is 4.68. The van der Waals surface area contributed by atoms with Gasteiger partial charge in [-0.3, -0.25) is 4.55 Å². The van der Waals surface area contributed by atoms with E-state index in [0.29, 0.717) is 5.56 Å². The first kappa shape index (κ1) is 17.0. The summed E-state index contributed by atoms with van der Waals surface area (Å²) in [6, 6.07) is 9.53. The van der Waals surface area contributed by atoms with E-state index >= 15 is 0 Å². The standard InChI is InChI=1S/C18H24O3S/c1-17(2,3)14-8-7-12-10-15(18(4,5)6)16(22(19,20)21)11-13(12)9-14/h7-11H,1-6H3,(H,19,20,21). The molecule has 2 aromatic rings. The molecule has 0 saturated carbocycles. The lowest BCUT2D eigenvalue weighted by molar-refractivity contribution is 0.476. The maximum atomic E-state index is 11.8. The molecular weight excluding hydrogens is 296 g/mol. The van der Waals surface area contributed by atoms with E-state index in [1.165, 1.54) is 0 Å². The Kier molecular flexibility index (Phi) is 3.91. The highest BCUT2D eigenvalue weighted by Crippen LogP contribution is 2.34. The van der Waals surface area contributed by atoms with Crippen LogP contribution in [0.2, 0.25) is 0 Å². The van der Waals surface area contributed by atoms with Gasteiger partial charge in [0.15, 0.2) is 0 Å².